The zero-order chi connectivity index (χ0) is 14.3. The van der Waals surface area contributed by atoms with E-state index in [0.717, 1.165) is 19.6 Å². The van der Waals surface area contributed by atoms with Gasteiger partial charge in [0.2, 0.25) is 0 Å². The van der Waals surface area contributed by atoms with Crippen LogP contribution in [-0.2, 0) is 11.2 Å². The molecule has 0 aliphatic carbocycles. The SMILES string of the molecule is CCNC(COC(C)C)c1cccc(CC(C)C)c1. The summed E-state index contributed by atoms with van der Waals surface area (Å²) in [5, 5.41) is 3.51. The zero-order valence-electron chi connectivity index (χ0n) is 13.1. The van der Waals surface area contributed by atoms with Crippen LogP contribution in [0, 0.1) is 5.92 Å². The van der Waals surface area contributed by atoms with Gasteiger partial charge < -0.3 is 10.1 Å². The Morgan fingerprint density at radius 3 is 2.47 bits per heavy atom. The van der Waals surface area contributed by atoms with E-state index in [-0.39, 0.29) is 6.10 Å². The van der Waals surface area contributed by atoms with E-state index in [1.807, 2.05) is 0 Å². The van der Waals surface area contributed by atoms with Gasteiger partial charge in [-0.25, -0.2) is 0 Å². The van der Waals surface area contributed by atoms with Crippen molar-refractivity contribution in [1.82, 2.24) is 5.32 Å². The lowest BCUT2D eigenvalue weighted by Crippen LogP contribution is -2.26. The third kappa shape index (κ3) is 6.22. The van der Waals surface area contributed by atoms with E-state index in [0.29, 0.717) is 12.0 Å². The highest BCUT2D eigenvalue weighted by molar-refractivity contribution is 5.26. The van der Waals surface area contributed by atoms with Crippen LogP contribution in [0.5, 0.6) is 0 Å². The van der Waals surface area contributed by atoms with Crippen molar-refractivity contribution >= 4 is 0 Å². The Hall–Kier alpha value is -0.860. The largest absolute Gasteiger partial charge is 0.377 e. The molecule has 0 radical (unpaired) electrons. The highest BCUT2D eigenvalue weighted by Crippen LogP contribution is 2.18. The minimum absolute atomic E-state index is 0.278. The molecule has 1 aromatic carbocycles. The Kier molecular flexibility index (Phi) is 7.11. The van der Waals surface area contributed by atoms with Crippen LogP contribution in [0.1, 0.15) is 51.8 Å². The van der Waals surface area contributed by atoms with Gasteiger partial charge in [-0.3, -0.25) is 0 Å². The minimum Gasteiger partial charge on any atom is -0.377 e. The summed E-state index contributed by atoms with van der Waals surface area (Å²) >= 11 is 0. The first-order valence-electron chi connectivity index (χ1n) is 7.46. The van der Waals surface area contributed by atoms with Gasteiger partial charge in [0, 0.05) is 0 Å². The molecule has 0 saturated heterocycles. The van der Waals surface area contributed by atoms with E-state index in [4.69, 9.17) is 4.74 Å². The van der Waals surface area contributed by atoms with Crippen molar-refractivity contribution in [1.29, 1.82) is 0 Å². The first kappa shape index (κ1) is 16.2. The van der Waals surface area contributed by atoms with Crippen molar-refractivity contribution in [2.75, 3.05) is 13.2 Å². The molecule has 1 aromatic rings. The maximum Gasteiger partial charge on any atom is 0.0664 e. The average molecular weight is 263 g/mol. The van der Waals surface area contributed by atoms with Crippen LogP contribution in [0.15, 0.2) is 24.3 Å². The van der Waals surface area contributed by atoms with Crippen LogP contribution >= 0.6 is 0 Å². The molecule has 1 rings (SSSR count). The summed E-state index contributed by atoms with van der Waals surface area (Å²) < 4.78 is 5.77. The Morgan fingerprint density at radius 2 is 1.89 bits per heavy atom. The number of hydrogen-bond donors (Lipinski definition) is 1. The van der Waals surface area contributed by atoms with E-state index >= 15 is 0 Å². The van der Waals surface area contributed by atoms with Crippen molar-refractivity contribution in [3.8, 4) is 0 Å². The molecule has 1 atom stereocenters. The second-order valence-electron chi connectivity index (χ2n) is 5.84. The van der Waals surface area contributed by atoms with Gasteiger partial charge in [-0.2, -0.15) is 0 Å². The van der Waals surface area contributed by atoms with E-state index in [9.17, 15) is 0 Å². The molecule has 0 aromatic heterocycles. The Morgan fingerprint density at radius 1 is 1.16 bits per heavy atom. The van der Waals surface area contributed by atoms with Crippen molar-refractivity contribution in [3.63, 3.8) is 0 Å². The molecule has 0 heterocycles. The minimum atomic E-state index is 0.278. The Balaban J connectivity index is 2.76. The molecule has 2 heteroatoms. The Bertz CT molecular complexity index is 360. The van der Waals surface area contributed by atoms with Crippen LogP contribution in [0.25, 0.3) is 0 Å². The molecule has 19 heavy (non-hydrogen) atoms. The van der Waals surface area contributed by atoms with E-state index in [1.54, 1.807) is 0 Å². The molecule has 2 nitrogen and oxygen atoms in total. The molecule has 0 spiro atoms. The van der Waals surface area contributed by atoms with Gasteiger partial charge in [0.25, 0.3) is 0 Å². The van der Waals surface area contributed by atoms with Crippen molar-refractivity contribution in [2.45, 2.75) is 53.2 Å². The summed E-state index contributed by atoms with van der Waals surface area (Å²) in [4.78, 5) is 0. The first-order chi connectivity index (χ1) is 9.02. The fourth-order valence-electron chi connectivity index (χ4n) is 2.22. The smallest absolute Gasteiger partial charge is 0.0664 e. The second kappa shape index (κ2) is 8.34. The molecule has 1 unspecified atom stereocenters. The number of nitrogens with one attached hydrogen (secondary N) is 1. The van der Waals surface area contributed by atoms with Crippen LogP contribution in [0.4, 0.5) is 0 Å². The lowest BCUT2D eigenvalue weighted by atomic mass is 9.98. The zero-order valence-corrected chi connectivity index (χ0v) is 13.1. The summed E-state index contributed by atoms with van der Waals surface area (Å²) in [6, 6.07) is 9.18. The van der Waals surface area contributed by atoms with Crippen LogP contribution in [0.3, 0.4) is 0 Å². The number of rotatable bonds is 8. The molecule has 0 bridgehead atoms. The monoisotopic (exact) mass is 263 g/mol. The number of hydrogen-bond acceptors (Lipinski definition) is 2. The maximum absolute atomic E-state index is 5.77. The number of likely N-dealkylation sites (N-methyl/N-ethyl adjacent to an activating group) is 1. The Labute approximate surface area is 118 Å². The van der Waals surface area contributed by atoms with E-state index < -0.39 is 0 Å². The van der Waals surface area contributed by atoms with E-state index in [1.165, 1.54) is 11.1 Å². The maximum atomic E-state index is 5.77. The van der Waals surface area contributed by atoms with E-state index in [2.05, 4.69) is 64.2 Å². The molecule has 108 valence electrons. The molecule has 0 amide bonds. The topological polar surface area (TPSA) is 21.3 Å². The summed E-state index contributed by atoms with van der Waals surface area (Å²) in [5.74, 6) is 0.694. The van der Waals surface area contributed by atoms with Gasteiger partial charge in [-0.1, -0.05) is 45.0 Å². The number of ether oxygens (including phenoxy) is 1. The quantitative estimate of drug-likeness (QED) is 0.766. The molecule has 1 N–H and O–H groups in total. The van der Waals surface area contributed by atoms with Gasteiger partial charge in [0.15, 0.2) is 0 Å². The van der Waals surface area contributed by atoms with Gasteiger partial charge in [-0.15, -0.1) is 0 Å². The molecule has 0 aliphatic rings. The average Bonchev–Trinajstić information content (AvgIpc) is 2.33. The van der Waals surface area contributed by atoms with Gasteiger partial charge in [0.05, 0.1) is 18.8 Å². The third-order valence-corrected chi connectivity index (χ3v) is 3.04. The first-order valence-corrected chi connectivity index (χ1v) is 7.46. The molecular weight excluding hydrogens is 234 g/mol. The summed E-state index contributed by atoms with van der Waals surface area (Å²) in [6.07, 6.45) is 1.41. The lowest BCUT2D eigenvalue weighted by Gasteiger charge is -2.21. The lowest BCUT2D eigenvalue weighted by molar-refractivity contribution is 0.0614. The fraction of sp³-hybridized carbons (Fsp3) is 0.647. The summed E-state index contributed by atoms with van der Waals surface area (Å²) in [5.41, 5.74) is 2.75. The highest BCUT2D eigenvalue weighted by atomic mass is 16.5. The third-order valence-electron chi connectivity index (χ3n) is 3.04. The van der Waals surface area contributed by atoms with Gasteiger partial charge in [0.1, 0.15) is 0 Å². The van der Waals surface area contributed by atoms with Gasteiger partial charge in [-0.05, 0) is 43.9 Å². The summed E-state index contributed by atoms with van der Waals surface area (Å²) in [7, 11) is 0. The standard InChI is InChI=1S/C17H29NO/c1-6-18-17(12-19-14(4)5)16-9-7-8-15(11-16)10-13(2)3/h7-9,11,13-14,17-18H,6,10,12H2,1-5H3. The van der Waals surface area contributed by atoms with Crippen LogP contribution < -0.4 is 5.32 Å². The van der Waals surface area contributed by atoms with Gasteiger partial charge >= 0.3 is 0 Å². The molecule has 0 saturated carbocycles. The van der Waals surface area contributed by atoms with Crippen LogP contribution in [-0.4, -0.2) is 19.3 Å². The predicted octanol–water partition coefficient (Wildman–Crippen LogP) is 3.96. The van der Waals surface area contributed by atoms with Crippen molar-refractivity contribution in [3.05, 3.63) is 35.4 Å². The molecular formula is C17H29NO. The second-order valence-corrected chi connectivity index (χ2v) is 5.84. The highest BCUT2D eigenvalue weighted by Gasteiger charge is 2.12. The normalized spacial score (nSPS) is 13.2. The van der Waals surface area contributed by atoms with Crippen LogP contribution in [0.2, 0.25) is 0 Å². The fourth-order valence-corrected chi connectivity index (χ4v) is 2.22. The molecule has 0 fully saturated rings. The van der Waals surface area contributed by atoms with Crippen molar-refractivity contribution < 1.29 is 4.74 Å². The molecule has 0 aliphatic heterocycles. The predicted molar refractivity (Wildman–Crippen MR) is 82.5 cm³/mol. The number of benzene rings is 1. The summed E-state index contributed by atoms with van der Waals surface area (Å²) in [6.45, 7) is 12.5. The van der Waals surface area contributed by atoms with Crippen molar-refractivity contribution in [2.24, 2.45) is 5.92 Å².